The van der Waals surface area contributed by atoms with Gasteiger partial charge >= 0.3 is 0 Å². The second-order valence-corrected chi connectivity index (χ2v) is 11.0. The summed E-state index contributed by atoms with van der Waals surface area (Å²) in [4.78, 5) is 0. The maximum atomic E-state index is 2.56. The molecule has 0 radical (unpaired) electrons. The number of hydrogen-bond acceptors (Lipinski definition) is 0. The Hall–Kier alpha value is -2.12. The Morgan fingerprint density at radius 2 is 1.50 bits per heavy atom. The number of rotatable bonds is 3. The van der Waals surface area contributed by atoms with E-state index < -0.39 is 8.07 Å². The molecule has 120 valence electrons. The molecule has 1 unspecified atom stereocenters. The van der Waals surface area contributed by atoms with Crippen LogP contribution in [-0.2, 0) is 0 Å². The number of allylic oxidation sites excluding steroid dienone is 2. The van der Waals surface area contributed by atoms with E-state index in [9.17, 15) is 0 Å². The molecule has 0 heterocycles. The van der Waals surface area contributed by atoms with Crippen molar-refractivity contribution < 1.29 is 0 Å². The van der Waals surface area contributed by atoms with Crippen molar-refractivity contribution in [1.82, 2.24) is 0 Å². The average molecular weight is 329 g/mol. The van der Waals surface area contributed by atoms with Crippen LogP contribution in [0.1, 0.15) is 25.7 Å². The molecule has 0 amide bonds. The highest BCUT2D eigenvalue weighted by Crippen LogP contribution is 2.28. The summed E-state index contributed by atoms with van der Waals surface area (Å²) in [5, 5.41) is 7.62. The summed E-state index contributed by atoms with van der Waals surface area (Å²) in [5.74, 6) is 0. The summed E-state index contributed by atoms with van der Waals surface area (Å²) in [5.41, 5.74) is 0. The molecule has 0 saturated heterocycles. The van der Waals surface area contributed by atoms with Crippen molar-refractivity contribution >= 4 is 29.2 Å². The van der Waals surface area contributed by atoms with E-state index in [0.717, 1.165) is 0 Å². The van der Waals surface area contributed by atoms with Crippen LogP contribution in [0.3, 0.4) is 0 Å². The van der Waals surface area contributed by atoms with E-state index in [2.05, 4.69) is 85.4 Å². The van der Waals surface area contributed by atoms with E-state index in [0.29, 0.717) is 0 Å². The van der Waals surface area contributed by atoms with Crippen LogP contribution in [0.4, 0.5) is 0 Å². The van der Waals surface area contributed by atoms with E-state index in [1.165, 1.54) is 41.6 Å². The highest BCUT2D eigenvalue weighted by molar-refractivity contribution is 7.07. The first-order chi connectivity index (χ1) is 11.8. The lowest BCUT2D eigenvalue weighted by Gasteiger charge is -2.34. The predicted molar refractivity (Wildman–Crippen MR) is 108 cm³/mol. The number of benzene rings is 3. The van der Waals surface area contributed by atoms with Crippen molar-refractivity contribution in [3.05, 3.63) is 84.1 Å². The average Bonchev–Trinajstić information content (AvgIpc) is 2.68. The zero-order valence-electron chi connectivity index (χ0n) is 14.3. The third kappa shape index (κ3) is 2.53. The quantitative estimate of drug-likeness (QED) is 0.589. The molecule has 0 N–H and O–H groups in total. The van der Waals surface area contributed by atoms with Crippen molar-refractivity contribution in [2.24, 2.45) is 0 Å². The Morgan fingerprint density at radius 3 is 2.29 bits per heavy atom. The highest BCUT2D eigenvalue weighted by atomic mass is 28.3. The van der Waals surface area contributed by atoms with Gasteiger partial charge in [0, 0.05) is 0 Å². The van der Waals surface area contributed by atoms with Gasteiger partial charge in [0.05, 0.1) is 0 Å². The highest BCUT2D eigenvalue weighted by Gasteiger charge is 2.37. The fourth-order valence-corrected chi connectivity index (χ4v) is 8.55. The molecule has 0 aliphatic heterocycles. The van der Waals surface area contributed by atoms with Gasteiger partial charge in [-0.25, -0.2) is 0 Å². The third-order valence-corrected chi connectivity index (χ3v) is 10.4. The molecule has 0 spiro atoms. The maximum absolute atomic E-state index is 2.56. The molecule has 1 aliphatic carbocycles. The second-order valence-electron chi connectivity index (χ2n) is 6.99. The van der Waals surface area contributed by atoms with Gasteiger partial charge in [0.2, 0.25) is 0 Å². The summed E-state index contributed by atoms with van der Waals surface area (Å²) in [6.07, 6.45) is 7.76. The van der Waals surface area contributed by atoms with Crippen molar-refractivity contribution in [3.63, 3.8) is 0 Å². The molecule has 1 atom stereocenters. The van der Waals surface area contributed by atoms with Gasteiger partial charge in [0.1, 0.15) is 8.07 Å². The topological polar surface area (TPSA) is 0 Å². The first-order valence-electron chi connectivity index (χ1n) is 9.03. The van der Waals surface area contributed by atoms with Crippen LogP contribution < -0.4 is 10.4 Å². The molecule has 3 aromatic rings. The zero-order chi connectivity index (χ0) is 16.4. The van der Waals surface area contributed by atoms with Crippen molar-refractivity contribution in [2.45, 2.75) is 32.2 Å². The normalized spacial score (nSPS) is 17.3. The van der Waals surface area contributed by atoms with Crippen LogP contribution in [-0.4, -0.2) is 8.07 Å². The SMILES string of the molecule is C[Si](C1=CCCCC1)(c1ccccc1)c1cccc2ccccc12. The Balaban J connectivity index is 2.01. The van der Waals surface area contributed by atoms with E-state index >= 15 is 0 Å². The molecule has 0 saturated carbocycles. The van der Waals surface area contributed by atoms with E-state index in [4.69, 9.17) is 0 Å². The van der Waals surface area contributed by atoms with Crippen LogP contribution in [0, 0.1) is 0 Å². The van der Waals surface area contributed by atoms with Crippen molar-refractivity contribution in [3.8, 4) is 0 Å². The lowest BCUT2D eigenvalue weighted by Crippen LogP contribution is -2.58. The summed E-state index contributed by atoms with van der Waals surface area (Å²) in [6.45, 7) is 2.56. The van der Waals surface area contributed by atoms with Crippen LogP contribution in [0.15, 0.2) is 84.1 Å². The molecule has 1 heteroatoms. The molecule has 4 rings (SSSR count). The summed E-state index contributed by atoms with van der Waals surface area (Å²) in [7, 11) is -1.90. The van der Waals surface area contributed by atoms with Crippen LogP contribution in [0.2, 0.25) is 6.55 Å². The largest absolute Gasteiger partial charge is 0.141 e. The third-order valence-electron chi connectivity index (χ3n) is 5.61. The number of fused-ring (bicyclic) bond motifs is 1. The van der Waals surface area contributed by atoms with Gasteiger partial charge in [0.25, 0.3) is 0 Å². The monoisotopic (exact) mass is 328 g/mol. The Kier molecular flexibility index (Phi) is 4.11. The standard InChI is InChI=1S/C23H24Si/c1-24(20-13-4-2-5-14-20,21-15-6-3-7-16-21)23-18-10-12-19-11-8-9-17-22(19)23/h2,4-5,8-15,17-18H,3,6-7,16H2,1H3. The molecule has 3 aromatic carbocycles. The fourth-order valence-electron chi connectivity index (χ4n) is 4.24. The minimum Gasteiger partial charge on any atom is -0.0885 e. The van der Waals surface area contributed by atoms with Gasteiger partial charge in [-0.1, -0.05) is 90.6 Å². The lowest BCUT2D eigenvalue weighted by atomic mass is 10.1. The van der Waals surface area contributed by atoms with Gasteiger partial charge in [-0.3, -0.25) is 0 Å². The van der Waals surface area contributed by atoms with Gasteiger partial charge in [-0.2, -0.15) is 0 Å². The first kappa shape index (κ1) is 15.4. The number of hydrogen-bond donors (Lipinski definition) is 0. The summed E-state index contributed by atoms with van der Waals surface area (Å²) in [6, 6.07) is 27.0. The molecule has 0 bridgehead atoms. The summed E-state index contributed by atoms with van der Waals surface area (Å²) >= 11 is 0. The minimum atomic E-state index is -1.90. The van der Waals surface area contributed by atoms with Crippen LogP contribution in [0.25, 0.3) is 10.8 Å². The van der Waals surface area contributed by atoms with E-state index in [1.54, 1.807) is 10.4 Å². The van der Waals surface area contributed by atoms with Crippen LogP contribution >= 0.6 is 0 Å². The smallest absolute Gasteiger partial charge is 0.0885 e. The zero-order valence-corrected chi connectivity index (χ0v) is 15.3. The van der Waals surface area contributed by atoms with E-state index in [1.807, 2.05) is 0 Å². The molecule has 24 heavy (non-hydrogen) atoms. The van der Waals surface area contributed by atoms with Crippen LogP contribution in [0.5, 0.6) is 0 Å². The molecule has 0 nitrogen and oxygen atoms in total. The van der Waals surface area contributed by atoms with Crippen molar-refractivity contribution in [1.29, 1.82) is 0 Å². The van der Waals surface area contributed by atoms with Gasteiger partial charge < -0.3 is 0 Å². The Morgan fingerprint density at radius 1 is 0.750 bits per heavy atom. The Bertz CT molecular complexity index is 873. The minimum absolute atomic E-state index is 1.25. The van der Waals surface area contributed by atoms with E-state index in [-0.39, 0.29) is 0 Å². The molecule has 0 aromatic heterocycles. The van der Waals surface area contributed by atoms with Gasteiger partial charge in [-0.05, 0) is 46.8 Å². The molecular weight excluding hydrogens is 304 g/mol. The fraction of sp³-hybridized carbons (Fsp3) is 0.217. The maximum Gasteiger partial charge on any atom is 0.141 e. The van der Waals surface area contributed by atoms with Gasteiger partial charge in [0.15, 0.2) is 0 Å². The van der Waals surface area contributed by atoms with Gasteiger partial charge in [-0.15, -0.1) is 0 Å². The molecular formula is C23H24Si. The predicted octanol–water partition coefficient (Wildman–Crippen LogP) is 5.07. The summed E-state index contributed by atoms with van der Waals surface area (Å²) < 4.78 is 0. The molecule has 0 fully saturated rings. The first-order valence-corrected chi connectivity index (χ1v) is 11.5. The lowest BCUT2D eigenvalue weighted by molar-refractivity contribution is 0.718. The molecule has 1 aliphatic rings. The Labute approximate surface area is 145 Å². The second kappa shape index (κ2) is 6.41. The van der Waals surface area contributed by atoms with Crippen molar-refractivity contribution in [2.75, 3.05) is 0 Å².